The molecule has 0 aromatic rings. The van der Waals surface area contributed by atoms with Crippen LogP contribution in [0.2, 0.25) is 0 Å². The van der Waals surface area contributed by atoms with E-state index in [1.807, 2.05) is 0 Å². The first kappa shape index (κ1) is 16.0. The molecule has 0 heterocycles. The van der Waals surface area contributed by atoms with Crippen LogP contribution in [0.1, 0.15) is 73.6 Å². The molecule has 2 atom stereocenters. The quantitative estimate of drug-likeness (QED) is 0.673. The highest BCUT2D eigenvalue weighted by molar-refractivity contribution is 4.83. The summed E-state index contributed by atoms with van der Waals surface area (Å²) in [5.41, 5.74) is 0.518. The van der Waals surface area contributed by atoms with Crippen molar-refractivity contribution >= 4 is 0 Å². The molecule has 0 fully saturated rings. The lowest BCUT2D eigenvalue weighted by Gasteiger charge is -2.38. The summed E-state index contributed by atoms with van der Waals surface area (Å²) in [6, 6.07) is 0. The maximum absolute atomic E-state index is 9.72. The highest BCUT2D eigenvalue weighted by Gasteiger charge is 2.32. The first-order chi connectivity index (χ1) is 7.31. The molecule has 0 saturated carbocycles. The van der Waals surface area contributed by atoms with Gasteiger partial charge in [-0.3, -0.25) is 0 Å². The predicted molar refractivity (Wildman–Crippen MR) is 72.6 cm³/mol. The maximum Gasteiger partial charge on any atom is 0.0487 e. The smallest absolute Gasteiger partial charge is 0.0487 e. The van der Waals surface area contributed by atoms with Crippen LogP contribution < -0.4 is 0 Å². The van der Waals surface area contributed by atoms with Gasteiger partial charge in [-0.1, -0.05) is 54.4 Å². The number of aliphatic hydroxyl groups excluding tert-OH is 1. The summed E-state index contributed by atoms with van der Waals surface area (Å²) >= 11 is 0. The number of rotatable bonds is 7. The van der Waals surface area contributed by atoms with E-state index in [0.29, 0.717) is 17.9 Å². The van der Waals surface area contributed by atoms with Crippen molar-refractivity contribution in [2.24, 2.45) is 16.7 Å². The molecule has 0 saturated heterocycles. The molecule has 0 aromatic heterocycles. The van der Waals surface area contributed by atoms with Crippen LogP contribution in [0.3, 0.4) is 0 Å². The fourth-order valence-corrected chi connectivity index (χ4v) is 2.19. The second kappa shape index (κ2) is 6.64. The van der Waals surface area contributed by atoms with Crippen LogP contribution in [-0.4, -0.2) is 11.7 Å². The third-order valence-electron chi connectivity index (χ3n) is 4.36. The fourth-order valence-electron chi connectivity index (χ4n) is 2.19. The summed E-state index contributed by atoms with van der Waals surface area (Å²) < 4.78 is 0. The van der Waals surface area contributed by atoms with E-state index in [1.165, 1.54) is 19.3 Å². The van der Waals surface area contributed by atoms with Crippen molar-refractivity contribution in [2.75, 3.05) is 6.61 Å². The van der Waals surface area contributed by atoms with Gasteiger partial charge in [-0.05, 0) is 36.0 Å². The minimum Gasteiger partial charge on any atom is -0.396 e. The molecule has 16 heavy (non-hydrogen) atoms. The fraction of sp³-hybridized carbons (Fsp3) is 1.00. The minimum atomic E-state index is 0.169. The van der Waals surface area contributed by atoms with E-state index in [9.17, 15) is 5.11 Å². The Kier molecular flexibility index (Phi) is 6.62. The van der Waals surface area contributed by atoms with Crippen LogP contribution in [-0.2, 0) is 0 Å². The number of hydrogen-bond donors (Lipinski definition) is 1. The second-order valence-corrected chi connectivity index (χ2v) is 6.59. The van der Waals surface area contributed by atoms with Crippen molar-refractivity contribution in [3.8, 4) is 0 Å². The molecule has 0 spiro atoms. The molecule has 2 unspecified atom stereocenters. The molecule has 0 radical (unpaired) electrons. The van der Waals surface area contributed by atoms with Gasteiger partial charge in [-0.15, -0.1) is 0 Å². The van der Waals surface area contributed by atoms with E-state index in [1.54, 1.807) is 0 Å². The summed E-state index contributed by atoms with van der Waals surface area (Å²) in [5.74, 6) is 0.663. The molecular formula is C15H32O. The van der Waals surface area contributed by atoms with Crippen molar-refractivity contribution in [1.29, 1.82) is 0 Å². The van der Waals surface area contributed by atoms with Crippen molar-refractivity contribution in [3.05, 3.63) is 0 Å². The summed E-state index contributed by atoms with van der Waals surface area (Å²) in [7, 11) is 0. The summed E-state index contributed by atoms with van der Waals surface area (Å²) in [5, 5.41) is 9.72. The average molecular weight is 228 g/mol. The van der Waals surface area contributed by atoms with E-state index in [4.69, 9.17) is 0 Å². The topological polar surface area (TPSA) is 20.2 Å². The van der Waals surface area contributed by atoms with Gasteiger partial charge in [0, 0.05) is 6.61 Å². The van der Waals surface area contributed by atoms with E-state index in [-0.39, 0.29) is 5.41 Å². The molecule has 1 N–H and O–H groups in total. The van der Waals surface area contributed by atoms with Crippen LogP contribution in [0.15, 0.2) is 0 Å². The number of hydrogen-bond acceptors (Lipinski definition) is 1. The molecule has 0 aromatic carbocycles. The Bertz CT molecular complexity index is 174. The van der Waals surface area contributed by atoms with E-state index in [2.05, 4.69) is 41.5 Å². The van der Waals surface area contributed by atoms with Crippen molar-refractivity contribution in [2.45, 2.75) is 73.6 Å². The summed E-state index contributed by atoms with van der Waals surface area (Å²) in [6.45, 7) is 14.0. The SMILES string of the molecule is CCCCC(CC)(CO)CC(C)C(C)(C)C. The third kappa shape index (κ3) is 4.86. The van der Waals surface area contributed by atoms with E-state index < -0.39 is 0 Å². The molecule has 0 aliphatic heterocycles. The van der Waals surface area contributed by atoms with E-state index in [0.717, 1.165) is 12.8 Å². The van der Waals surface area contributed by atoms with Gasteiger partial charge in [-0.25, -0.2) is 0 Å². The normalized spacial score (nSPS) is 18.2. The Balaban J connectivity index is 4.53. The zero-order chi connectivity index (χ0) is 12.8. The zero-order valence-electron chi connectivity index (χ0n) is 12.3. The largest absolute Gasteiger partial charge is 0.396 e. The molecule has 0 aliphatic carbocycles. The van der Waals surface area contributed by atoms with Gasteiger partial charge in [-0.2, -0.15) is 0 Å². The molecule has 1 nitrogen and oxygen atoms in total. The van der Waals surface area contributed by atoms with Gasteiger partial charge in [0.25, 0.3) is 0 Å². The highest BCUT2D eigenvalue weighted by Crippen LogP contribution is 2.40. The lowest BCUT2D eigenvalue weighted by atomic mass is 9.68. The average Bonchev–Trinajstić information content (AvgIpc) is 2.22. The Hall–Kier alpha value is -0.0400. The van der Waals surface area contributed by atoms with Gasteiger partial charge in [0.2, 0.25) is 0 Å². The Morgan fingerprint density at radius 2 is 1.69 bits per heavy atom. The molecule has 1 heteroatoms. The first-order valence-electron chi connectivity index (χ1n) is 6.92. The third-order valence-corrected chi connectivity index (χ3v) is 4.36. The molecule has 98 valence electrons. The van der Waals surface area contributed by atoms with Gasteiger partial charge in [0.1, 0.15) is 0 Å². The number of unbranched alkanes of at least 4 members (excludes halogenated alkanes) is 1. The minimum absolute atomic E-state index is 0.169. The standard InChI is InChI=1S/C15H32O/c1-7-9-10-15(8-2,12-16)11-13(3)14(4,5)6/h13,16H,7-12H2,1-6H3. The van der Waals surface area contributed by atoms with E-state index >= 15 is 0 Å². The Morgan fingerprint density at radius 3 is 2.00 bits per heavy atom. The molecule has 0 aliphatic rings. The molecule has 0 bridgehead atoms. The highest BCUT2D eigenvalue weighted by atomic mass is 16.3. The van der Waals surface area contributed by atoms with Crippen molar-refractivity contribution in [1.82, 2.24) is 0 Å². The first-order valence-corrected chi connectivity index (χ1v) is 6.92. The molecule has 0 amide bonds. The van der Waals surface area contributed by atoms with Crippen LogP contribution >= 0.6 is 0 Å². The summed E-state index contributed by atoms with van der Waals surface area (Å²) in [4.78, 5) is 0. The second-order valence-electron chi connectivity index (χ2n) is 6.59. The van der Waals surface area contributed by atoms with Crippen molar-refractivity contribution < 1.29 is 5.11 Å². The Morgan fingerprint density at radius 1 is 1.12 bits per heavy atom. The van der Waals surface area contributed by atoms with Crippen LogP contribution in [0, 0.1) is 16.7 Å². The predicted octanol–water partition coefficient (Wildman–Crippen LogP) is 4.64. The lowest BCUT2D eigenvalue weighted by Crippen LogP contribution is -2.31. The van der Waals surface area contributed by atoms with Gasteiger partial charge in [0.05, 0.1) is 0 Å². The summed E-state index contributed by atoms with van der Waals surface area (Å²) in [6.07, 6.45) is 5.90. The van der Waals surface area contributed by atoms with Gasteiger partial charge < -0.3 is 5.11 Å². The molecular weight excluding hydrogens is 196 g/mol. The maximum atomic E-state index is 9.72. The van der Waals surface area contributed by atoms with Gasteiger partial charge >= 0.3 is 0 Å². The van der Waals surface area contributed by atoms with Crippen LogP contribution in [0.25, 0.3) is 0 Å². The zero-order valence-corrected chi connectivity index (χ0v) is 12.3. The van der Waals surface area contributed by atoms with Gasteiger partial charge in [0.15, 0.2) is 0 Å². The Labute approximate surface area is 103 Å². The van der Waals surface area contributed by atoms with Crippen LogP contribution in [0.5, 0.6) is 0 Å². The molecule has 0 rings (SSSR count). The lowest BCUT2D eigenvalue weighted by molar-refractivity contribution is 0.0577. The number of aliphatic hydroxyl groups is 1. The van der Waals surface area contributed by atoms with Crippen molar-refractivity contribution in [3.63, 3.8) is 0 Å². The monoisotopic (exact) mass is 228 g/mol. The van der Waals surface area contributed by atoms with Crippen LogP contribution in [0.4, 0.5) is 0 Å².